The van der Waals surface area contributed by atoms with E-state index in [-0.39, 0.29) is 24.6 Å². The van der Waals surface area contributed by atoms with Crippen molar-refractivity contribution in [2.45, 2.75) is 69.9 Å². The second-order valence-corrected chi connectivity index (χ2v) is 11.7. The number of halogens is 2. The van der Waals surface area contributed by atoms with Gasteiger partial charge in [0.05, 0.1) is 16.7 Å². The minimum atomic E-state index is -0.241. The van der Waals surface area contributed by atoms with Gasteiger partial charge in [-0.1, -0.05) is 48.0 Å². The van der Waals surface area contributed by atoms with Gasteiger partial charge in [-0.05, 0) is 73.4 Å². The van der Waals surface area contributed by atoms with Gasteiger partial charge < -0.3 is 19.9 Å². The average molecular weight is 598 g/mol. The molecule has 1 heterocycles. The minimum Gasteiger partial charge on any atom is -0.488 e. The van der Waals surface area contributed by atoms with E-state index in [1.165, 1.54) is 12.3 Å². The van der Waals surface area contributed by atoms with Gasteiger partial charge in [0.15, 0.2) is 0 Å². The van der Waals surface area contributed by atoms with Crippen LogP contribution < -0.4 is 14.8 Å². The summed E-state index contributed by atoms with van der Waals surface area (Å²) in [6.07, 6.45) is 7.67. The zero-order valence-electron chi connectivity index (χ0n) is 23.7. The van der Waals surface area contributed by atoms with Gasteiger partial charge in [-0.3, -0.25) is 4.98 Å². The normalized spacial score (nSPS) is 19.4. The number of nitriles is 1. The Morgan fingerprint density at radius 1 is 0.977 bits per heavy atom. The highest BCUT2D eigenvalue weighted by atomic mass is 35.5. The molecule has 0 aliphatic heterocycles. The van der Waals surface area contributed by atoms with E-state index in [2.05, 4.69) is 16.4 Å². The third-order valence-corrected chi connectivity index (χ3v) is 8.66. The van der Waals surface area contributed by atoms with Crippen LogP contribution in [0.5, 0.6) is 11.5 Å². The molecule has 3 aromatic carbocycles. The number of benzene rings is 3. The molecule has 6 rings (SSSR count). The summed E-state index contributed by atoms with van der Waals surface area (Å²) in [4.78, 5) is 4.15. The predicted molar refractivity (Wildman–Crippen MR) is 163 cm³/mol. The summed E-state index contributed by atoms with van der Waals surface area (Å²) >= 11 is 6.82. The third kappa shape index (κ3) is 6.67. The molecule has 0 unspecified atom stereocenters. The second-order valence-electron chi connectivity index (χ2n) is 11.3. The highest BCUT2D eigenvalue weighted by molar-refractivity contribution is 6.32. The van der Waals surface area contributed by atoms with Crippen LogP contribution in [-0.4, -0.2) is 22.2 Å². The molecule has 0 saturated heterocycles. The van der Waals surface area contributed by atoms with E-state index in [9.17, 15) is 14.8 Å². The highest BCUT2D eigenvalue weighted by Crippen LogP contribution is 2.43. The Kier molecular flexibility index (Phi) is 8.90. The molecule has 4 aromatic rings. The van der Waals surface area contributed by atoms with Crippen LogP contribution in [0.3, 0.4) is 0 Å². The number of nitrogens with one attached hydrogen (secondary N) is 1. The van der Waals surface area contributed by atoms with Gasteiger partial charge in [0.25, 0.3) is 0 Å². The van der Waals surface area contributed by atoms with Crippen molar-refractivity contribution in [1.29, 1.82) is 5.26 Å². The molecule has 0 amide bonds. The Balaban J connectivity index is 1.25. The van der Waals surface area contributed by atoms with E-state index in [0.29, 0.717) is 40.2 Å². The van der Waals surface area contributed by atoms with Crippen LogP contribution in [0.1, 0.15) is 66.0 Å². The molecule has 0 spiro atoms. The monoisotopic (exact) mass is 597 g/mol. The smallest absolute Gasteiger partial charge is 0.142 e. The van der Waals surface area contributed by atoms with Crippen molar-refractivity contribution in [3.8, 4) is 28.7 Å². The Morgan fingerprint density at radius 3 is 2.60 bits per heavy atom. The van der Waals surface area contributed by atoms with Crippen molar-refractivity contribution in [3.63, 3.8) is 0 Å². The number of aliphatic hydroxyl groups is 1. The molecular weight excluding hydrogens is 565 g/mol. The molecule has 2 aliphatic rings. The summed E-state index contributed by atoms with van der Waals surface area (Å²) in [5.74, 6) is 0.900. The molecule has 8 heteroatoms. The standard InChI is InChI=1S/C35H33ClFN3O3/c36-31-15-24(20-40-25-8-10-26(41)11-9-25)34(42-21-23-14-22(17-38)18-39-19-23)16-35(31)43-33-13-12-28-27(5-3-6-30(28)33)29-4-1-2-7-32(29)37/h1-7,14-16,18-19,25-26,33,40-41H,8-13,20-21H2/t25?,26?,33-/m0/s1. The van der Waals surface area contributed by atoms with Crippen LogP contribution >= 0.6 is 11.6 Å². The highest BCUT2D eigenvalue weighted by Gasteiger charge is 2.28. The van der Waals surface area contributed by atoms with Gasteiger partial charge in [0, 0.05) is 47.7 Å². The summed E-state index contributed by atoms with van der Waals surface area (Å²) in [5.41, 5.74) is 5.74. The lowest BCUT2D eigenvalue weighted by molar-refractivity contribution is 0.116. The molecular formula is C35H33ClFN3O3. The van der Waals surface area contributed by atoms with Crippen LogP contribution in [0.4, 0.5) is 4.39 Å². The summed E-state index contributed by atoms with van der Waals surface area (Å²) in [6.45, 7) is 0.773. The maximum atomic E-state index is 14.7. The summed E-state index contributed by atoms with van der Waals surface area (Å²) in [7, 11) is 0. The largest absolute Gasteiger partial charge is 0.488 e. The fraction of sp³-hybridized carbons (Fsp3) is 0.314. The lowest BCUT2D eigenvalue weighted by atomic mass is 9.93. The quantitative estimate of drug-likeness (QED) is 0.208. The molecule has 43 heavy (non-hydrogen) atoms. The van der Waals surface area contributed by atoms with E-state index in [1.807, 2.05) is 42.5 Å². The molecule has 1 atom stereocenters. The third-order valence-electron chi connectivity index (χ3n) is 8.36. The summed E-state index contributed by atoms with van der Waals surface area (Å²) < 4.78 is 27.5. The van der Waals surface area contributed by atoms with Crippen LogP contribution in [0.15, 0.2) is 73.1 Å². The van der Waals surface area contributed by atoms with Gasteiger partial charge in [-0.15, -0.1) is 0 Å². The molecule has 1 saturated carbocycles. The van der Waals surface area contributed by atoms with Crippen molar-refractivity contribution >= 4 is 11.6 Å². The number of hydrogen-bond donors (Lipinski definition) is 2. The topological polar surface area (TPSA) is 87.4 Å². The second kappa shape index (κ2) is 13.1. The average Bonchev–Trinajstić information content (AvgIpc) is 3.44. The fourth-order valence-corrected chi connectivity index (χ4v) is 6.32. The molecule has 1 aromatic heterocycles. The SMILES string of the molecule is N#Cc1cncc(COc2cc(O[C@H]3CCc4c(-c5ccccc5F)cccc43)c(Cl)cc2CNC2CCC(O)CC2)c1. The van der Waals surface area contributed by atoms with Crippen molar-refractivity contribution in [3.05, 3.63) is 112 Å². The molecule has 220 valence electrons. The molecule has 2 aliphatic carbocycles. The number of ether oxygens (including phenoxy) is 2. The number of nitrogens with zero attached hydrogens (tertiary/aromatic N) is 2. The van der Waals surface area contributed by atoms with E-state index in [4.69, 9.17) is 21.1 Å². The number of aliphatic hydroxyl groups excluding tert-OH is 1. The van der Waals surface area contributed by atoms with Crippen molar-refractivity contribution in [2.75, 3.05) is 0 Å². The van der Waals surface area contributed by atoms with Gasteiger partial charge in [-0.25, -0.2) is 4.39 Å². The molecule has 2 N–H and O–H groups in total. The van der Waals surface area contributed by atoms with Crippen LogP contribution in [0, 0.1) is 17.1 Å². The molecule has 6 nitrogen and oxygen atoms in total. The predicted octanol–water partition coefficient (Wildman–Crippen LogP) is 7.45. The first kappa shape index (κ1) is 29.1. The number of hydrogen-bond acceptors (Lipinski definition) is 6. The number of rotatable bonds is 9. The van der Waals surface area contributed by atoms with E-state index < -0.39 is 0 Å². The number of fused-ring (bicyclic) bond motifs is 1. The maximum Gasteiger partial charge on any atom is 0.142 e. The number of aromatic nitrogens is 1. The zero-order valence-corrected chi connectivity index (χ0v) is 24.5. The van der Waals surface area contributed by atoms with E-state index >= 15 is 0 Å². The molecule has 1 fully saturated rings. The van der Waals surface area contributed by atoms with Crippen LogP contribution in [0.2, 0.25) is 5.02 Å². The van der Waals surface area contributed by atoms with Gasteiger partial charge in [-0.2, -0.15) is 5.26 Å². The Morgan fingerprint density at radius 2 is 1.79 bits per heavy atom. The van der Waals surface area contributed by atoms with Crippen molar-refractivity contribution in [1.82, 2.24) is 10.3 Å². The first-order valence-corrected chi connectivity index (χ1v) is 15.1. The Bertz CT molecular complexity index is 1650. The summed E-state index contributed by atoms with van der Waals surface area (Å²) in [6, 6.07) is 20.7. The Labute approximate surface area is 256 Å². The van der Waals surface area contributed by atoms with Gasteiger partial charge in [0.1, 0.15) is 36.1 Å². The first-order valence-electron chi connectivity index (χ1n) is 14.7. The molecule has 0 radical (unpaired) electrons. The minimum absolute atomic E-state index is 0.218. The van der Waals surface area contributed by atoms with Gasteiger partial charge >= 0.3 is 0 Å². The molecule has 0 bridgehead atoms. The van der Waals surface area contributed by atoms with E-state index in [1.54, 1.807) is 18.3 Å². The van der Waals surface area contributed by atoms with Crippen LogP contribution in [-0.2, 0) is 19.6 Å². The van der Waals surface area contributed by atoms with Crippen LogP contribution in [0.25, 0.3) is 11.1 Å². The van der Waals surface area contributed by atoms with E-state index in [0.717, 1.165) is 66.3 Å². The van der Waals surface area contributed by atoms with Crippen molar-refractivity contribution < 1.29 is 19.0 Å². The fourth-order valence-electron chi connectivity index (χ4n) is 6.09. The Hall–Kier alpha value is -3.96. The summed E-state index contributed by atoms with van der Waals surface area (Å²) in [5, 5.41) is 23.2. The first-order chi connectivity index (χ1) is 21.0. The lowest BCUT2D eigenvalue weighted by Crippen LogP contribution is -2.34. The van der Waals surface area contributed by atoms with Gasteiger partial charge in [0.2, 0.25) is 0 Å². The van der Waals surface area contributed by atoms with Crippen molar-refractivity contribution in [2.24, 2.45) is 0 Å². The zero-order chi connectivity index (χ0) is 29.8. The lowest BCUT2D eigenvalue weighted by Gasteiger charge is -2.27. The number of pyridine rings is 1. The maximum absolute atomic E-state index is 14.7.